The molecule has 5 heteroatoms. The van der Waals surface area contributed by atoms with Gasteiger partial charge in [0.1, 0.15) is 0 Å². The Hall–Kier alpha value is -1.08. The average molecular weight is 402 g/mol. The van der Waals surface area contributed by atoms with Gasteiger partial charge in [-0.25, -0.2) is 0 Å². The Morgan fingerprint density at radius 2 is 1.90 bits per heavy atom. The number of hydrogen-bond acceptors (Lipinski definition) is 2. The number of aryl methyl sites for hydroxylation is 1. The van der Waals surface area contributed by atoms with E-state index in [-0.39, 0.29) is 30.0 Å². The Bertz CT molecular complexity index is 466. The number of guanidine groups is 1. The minimum Gasteiger partial charge on any atom is -0.370 e. The van der Waals surface area contributed by atoms with Gasteiger partial charge in [-0.3, -0.25) is 4.99 Å². The van der Waals surface area contributed by atoms with Crippen molar-refractivity contribution in [3.05, 3.63) is 47.5 Å². The van der Waals surface area contributed by atoms with Crippen molar-refractivity contribution in [1.29, 1.82) is 0 Å². The van der Waals surface area contributed by atoms with Gasteiger partial charge in [0.15, 0.2) is 5.96 Å². The Balaban J connectivity index is 0.00000400. The smallest absolute Gasteiger partial charge is 0.188 e. The van der Waals surface area contributed by atoms with E-state index in [9.17, 15) is 0 Å². The number of aliphatic imine (C=N–C) groups is 1. The summed E-state index contributed by atoms with van der Waals surface area (Å²) in [6, 6.07) is 8.76. The fourth-order valence-electron chi connectivity index (χ4n) is 1.84. The summed E-state index contributed by atoms with van der Waals surface area (Å²) in [5.41, 5.74) is 9.39. The molecule has 0 aromatic heterocycles. The van der Waals surface area contributed by atoms with Crippen LogP contribution in [-0.4, -0.2) is 38.0 Å². The molecule has 0 aliphatic rings. The van der Waals surface area contributed by atoms with Crippen LogP contribution in [0.3, 0.4) is 0 Å². The minimum absolute atomic E-state index is 0. The molecule has 1 rings (SSSR count). The van der Waals surface area contributed by atoms with E-state index in [1.165, 1.54) is 11.1 Å². The molecule has 21 heavy (non-hydrogen) atoms. The molecule has 0 amide bonds. The van der Waals surface area contributed by atoms with Crippen molar-refractivity contribution in [2.24, 2.45) is 10.7 Å². The van der Waals surface area contributed by atoms with Crippen LogP contribution in [0.2, 0.25) is 0 Å². The number of hydrogen-bond donors (Lipinski definition) is 2. The van der Waals surface area contributed by atoms with E-state index in [0.29, 0.717) is 19.0 Å². The van der Waals surface area contributed by atoms with Gasteiger partial charge >= 0.3 is 0 Å². The van der Waals surface area contributed by atoms with Gasteiger partial charge in [-0.1, -0.05) is 42.0 Å². The predicted octanol–water partition coefficient (Wildman–Crippen LogP) is 2.70. The molecule has 1 atom stereocenters. The predicted molar refractivity (Wildman–Crippen MR) is 102 cm³/mol. The summed E-state index contributed by atoms with van der Waals surface area (Å²) in [6.45, 7) is 9.16. The summed E-state index contributed by atoms with van der Waals surface area (Å²) in [5.74, 6) is 0.465. The Morgan fingerprint density at radius 1 is 1.33 bits per heavy atom. The van der Waals surface area contributed by atoms with Crippen LogP contribution in [0.25, 0.3) is 0 Å². The first-order chi connectivity index (χ1) is 9.40. The maximum Gasteiger partial charge on any atom is 0.188 e. The van der Waals surface area contributed by atoms with Crippen molar-refractivity contribution < 1.29 is 0 Å². The standard InChI is InChI=1S/C16H26N4.HI/c1-12(2)10-18-16(17)19-11-15(20(4)5)14-8-6-13(3)7-9-14;/h6-9,15H,1,10-11H2,2-5H3,(H3,17,18,19);1H. The fraction of sp³-hybridized carbons (Fsp3) is 0.438. The number of nitrogens with two attached hydrogens (primary N) is 1. The summed E-state index contributed by atoms with van der Waals surface area (Å²) in [5, 5.41) is 3.05. The lowest BCUT2D eigenvalue weighted by molar-refractivity contribution is 0.306. The van der Waals surface area contributed by atoms with Gasteiger partial charge in [-0.2, -0.15) is 0 Å². The first-order valence-corrected chi connectivity index (χ1v) is 6.81. The maximum atomic E-state index is 5.85. The molecule has 1 aromatic rings. The van der Waals surface area contributed by atoms with E-state index >= 15 is 0 Å². The zero-order chi connectivity index (χ0) is 15.1. The number of nitrogens with one attached hydrogen (secondary N) is 1. The van der Waals surface area contributed by atoms with Crippen molar-refractivity contribution in [1.82, 2.24) is 10.2 Å². The number of halogens is 1. The van der Waals surface area contributed by atoms with Gasteiger partial charge in [0, 0.05) is 6.54 Å². The van der Waals surface area contributed by atoms with Crippen molar-refractivity contribution in [3.8, 4) is 0 Å². The van der Waals surface area contributed by atoms with E-state index in [1.807, 2.05) is 6.92 Å². The van der Waals surface area contributed by atoms with Crippen LogP contribution in [0.15, 0.2) is 41.4 Å². The molecule has 0 spiro atoms. The number of rotatable bonds is 6. The van der Waals surface area contributed by atoms with Crippen LogP contribution in [-0.2, 0) is 0 Å². The number of likely N-dealkylation sites (N-methyl/N-ethyl adjacent to an activating group) is 1. The van der Waals surface area contributed by atoms with Crippen molar-refractivity contribution in [3.63, 3.8) is 0 Å². The summed E-state index contributed by atoms with van der Waals surface area (Å²) in [4.78, 5) is 6.57. The molecular weight excluding hydrogens is 375 g/mol. The fourth-order valence-corrected chi connectivity index (χ4v) is 1.84. The lowest BCUT2D eigenvalue weighted by Gasteiger charge is -2.23. The quantitative estimate of drug-likeness (QED) is 0.333. The van der Waals surface area contributed by atoms with Crippen LogP contribution < -0.4 is 11.1 Å². The molecule has 0 radical (unpaired) electrons. The first kappa shape index (κ1) is 19.9. The largest absolute Gasteiger partial charge is 0.370 e. The van der Waals surface area contributed by atoms with Crippen LogP contribution in [0, 0.1) is 6.92 Å². The molecule has 4 nitrogen and oxygen atoms in total. The molecular formula is C16H27IN4. The van der Waals surface area contributed by atoms with Gasteiger partial charge in [0.05, 0.1) is 12.6 Å². The third kappa shape index (κ3) is 7.47. The van der Waals surface area contributed by atoms with Gasteiger partial charge < -0.3 is 16.0 Å². The van der Waals surface area contributed by atoms with E-state index in [4.69, 9.17) is 5.73 Å². The molecule has 1 aromatic carbocycles. The van der Waals surface area contributed by atoms with Crippen LogP contribution in [0.5, 0.6) is 0 Å². The molecule has 0 aliphatic heterocycles. The molecule has 0 aliphatic carbocycles. The van der Waals surface area contributed by atoms with E-state index in [0.717, 1.165) is 5.57 Å². The monoisotopic (exact) mass is 402 g/mol. The normalized spacial score (nSPS) is 12.7. The lowest BCUT2D eigenvalue weighted by atomic mass is 10.0. The molecule has 3 N–H and O–H groups in total. The summed E-state index contributed by atoms with van der Waals surface area (Å²) < 4.78 is 0. The highest BCUT2D eigenvalue weighted by atomic mass is 127. The van der Waals surface area contributed by atoms with Crippen LogP contribution in [0.1, 0.15) is 24.1 Å². The zero-order valence-electron chi connectivity index (χ0n) is 13.4. The van der Waals surface area contributed by atoms with Crippen LogP contribution >= 0.6 is 24.0 Å². The second-order valence-corrected chi connectivity index (χ2v) is 5.43. The van der Waals surface area contributed by atoms with Gasteiger partial charge in [0.25, 0.3) is 0 Å². The highest BCUT2D eigenvalue weighted by Gasteiger charge is 2.13. The third-order valence-electron chi connectivity index (χ3n) is 3.09. The SMILES string of the molecule is C=C(C)CNC(N)=NCC(c1ccc(C)cc1)N(C)C.I. The summed E-state index contributed by atoms with van der Waals surface area (Å²) in [6.07, 6.45) is 0. The highest BCUT2D eigenvalue weighted by molar-refractivity contribution is 14.0. The number of benzene rings is 1. The van der Waals surface area contributed by atoms with Gasteiger partial charge in [-0.15, -0.1) is 24.0 Å². The molecule has 1 unspecified atom stereocenters. The maximum absolute atomic E-state index is 5.85. The van der Waals surface area contributed by atoms with Crippen molar-refractivity contribution >= 4 is 29.9 Å². The average Bonchev–Trinajstić information content (AvgIpc) is 2.38. The van der Waals surface area contributed by atoms with Crippen molar-refractivity contribution in [2.75, 3.05) is 27.2 Å². The van der Waals surface area contributed by atoms with Crippen LogP contribution in [0.4, 0.5) is 0 Å². The molecule has 0 saturated heterocycles. The molecule has 0 saturated carbocycles. The minimum atomic E-state index is 0. The lowest BCUT2D eigenvalue weighted by Crippen LogP contribution is -2.34. The molecule has 0 bridgehead atoms. The Morgan fingerprint density at radius 3 is 2.38 bits per heavy atom. The Labute approximate surface area is 145 Å². The Kier molecular flexibility index (Phi) is 9.28. The molecule has 118 valence electrons. The first-order valence-electron chi connectivity index (χ1n) is 6.81. The second kappa shape index (κ2) is 9.78. The van der Waals surface area contributed by atoms with Crippen molar-refractivity contribution in [2.45, 2.75) is 19.9 Å². The van der Waals surface area contributed by atoms with Gasteiger partial charge in [-0.05, 0) is 33.5 Å². The van der Waals surface area contributed by atoms with E-state index < -0.39 is 0 Å². The van der Waals surface area contributed by atoms with Gasteiger partial charge in [0.2, 0.25) is 0 Å². The zero-order valence-corrected chi connectivity index (χ0v) is 15.7. The van der Waals surface area contributed by atoms with E-state index in [2.05, 4.69) is 67.1 Å². The third-order valence-corrected chi connectivity index (χ3v) is 3.09. The second-order valence-electron chi connectivity index (χ2n) is 5.43. The number of nitrogens with zero attached hydrogens (tertiary/aromatic N) is 2. The highest BCUT2D eigenvalue weighted by Crippen LogP contribution is 2.18. The van der Waals surface area contributed by atoms with E-state index in [1.54, 1.807) is 0 Å². The summed E-state index contributed by atoms with van der Waals surface area (Å²) in [7, 11) is 4.11. The topological polar surface area (TPSA) is 53.6 Å². The summed E-state index contributed by atoms with van der Waals surface area (Å²) >= 11 is 0. The molecule has 0 heterocycles. The molecule has 0 fully saturated rings.